The van der Waals surface area contributed by atoms with Crippen LogP contribution in [0.25, 0.3) is 0 Å². The molecular formula is C18H24N2OS. The lowest BCUT2D eigenvalue weighted by Crippen LogP contribution is -2.24. The van der Waals surface area contributed by atoms with Gasteiger partial charge in [-0.3, -0.25) is 0 Å². The fourth-order valence-corrected chi connectivity index (χ4v) is 3.80. The molecule has 0 saturated carbocycles. The number of para-hydroxylation sites is 1. The maximum absolute atomic E-state index is 5.79. The number of benzene rings is 1. The summed E-state index contributed by atoms with van der Waals surface area (Å²) in [5, 5.41) is 2.19. The molecule has 1 atom stereocenters. The van der Waals surface area contributed by atoms with Gasteiger partial charge in [0.05, 0.1) is 18.3 Å². The van der Waals surface area contributed by atoms with E-state index in [1.54, 1.807) is 11.3 Å². The van der Waals surface area contributed by atoms with E-state index in [4.69, 9.17) is 9.73 Å². The maximum Gasteiger partial charge on any atom is 0.190 e. The van der Waals surface area contributed by atoms with Crippen LogP contribution in [0.15, 0.2) is 34.6 Å². The molecule has 1 aromatic carbocycles. The van der Waals surface area contributed by atoms with E-state index in [0.29, 0.717) is 12.0 Å². The predicted molar refractivity (Wildman–Crippen MR) is 91.8 cm³/mol. The Morgan fingerprint density at radius 3 is 2.91 bits per heavy atom. The van der Waals surface area contributed by atoms with E-state index in [9.17, 15) is 0 Å². The summed E-state index contributed by atoms with van der Waals surface area (Å²) in [5.41, 5.74) is 3.65. The van der Waals surface area contributed by atoms with Gasteiger partial charge in [0, 0.05) is 17.7 Å². The molecule has 1 aromatic heterocycles. The first-order valence-electron chi connectivity index (χ1n) is 8.05. The zero-order valence-corrected chi connectivity index (χ0v) is 14.4. The second kappa shape index (κ2) is 6.80. The third-order valence-corrected chi connectivity index (χ3v) is 5.16. The van der Waals surface area contributed by atoms with Crippen molar-refractivity contribution in [3.8, 4) is 0 Å². The fourth-order valence-electron chi connectivity index (χ4n) is 2.90. The third kappa shape index (κ3) is 3.33. The highest BCUT2D eigenvalue weighted by Gasteiger charge is 2.17. The lowest BCUT2D eigenvalue weighted by molar-refractivity contribution is 0.0959. The molecule has 0 bridgehead atoms. The van der Waals surface area contributed by atoms with Gasteiger partial charge in [-0.25, -0.2) is 4.99 Å². The van der Waals surface area contributed by atoms with Crippen molar-refractivity contribution in [1.29, 1.82) is 0 Å². The molecule has 118 valence electrons. The van der Waals surface area contributed by atoms with Gasteiger partial charge < -0.3 is 9.30 Å². The fraction of sp³-hybridized carbons (Fsp3) is 0.500. The number of hydrogen-bond donors (Lipinski definition) is 0. The van der Waals surface area contributed by atoms with E-state index in [1.807, 2.05) is 0 Å². The number of hydrogen-bond acceptors (Lipinski definition) is 3. The van der Waals surface area contributed by atoms with Crippen molar-refractivity contribution in [2.45, 2.75) is 52.2 Å². The molecule has 1 fully saturated rings. The Morgan fingerprint density at radius 1 is 1.36 bits per heavy atom. The molecule has 0 radical (unpaired) electrons. The van der Waals surface area contributed by atoms with Crippen molar-refractivity contribution in [2.24, 2.45) is 4.99 Å². The molecule has 3 rings (SSSR count). The minimum absolute atomic E-state index is 0.340. The van der Waals surface area contributed by atoms with Crippen molar-refractivity contribution in [1.82, 2.24) is 4.57 Å². The van der Waals surface area contributed by atoms with Crippen LogP contribution in [0.1, 0.15) is 43.9 Å². The summed E-state index contributed by atoms with van der Waals surface area (Å²) in [5.74, 6) is 0.479. The highest BCUT2D eigenvalue weighted by Crippen LogP contribution is 2.26. The number of aromatic nitrogens is 1. The van der Waals surface area contributed by atoms with E-state index in [2.05, 4.69) is 55.0 Å². The summed E-state index contributed by atoms with van der Waals surface area (Å²) in [6.45, 7) is 8.40. The molecule has 1 unspecified atom stereocenters. The summed E-state index contributed by atoms with van der Waals surface area (Å²) in [6, 6.07) is 8.44. The van der Waals surface area contributed by atoms with Gasteiger partial charge in [0.2, 0.25) is 0 Å². The van der Waals surface area contributed by atoms with Gasteiger partial charge in [-0.2, -0.15) is 0 Å². The van der Waals surface area contributed by atoms with Crippen LogP contribution in [0.4, 0.5) is 5.69 Å². The largest absolute Gasteiger partial charge is 0.376 e. The van der Waals surface area contributed by atoms with E-state index < -0.39 is 0 Å². The predicted octanol–water partition coefficient (Wildman–Crippen LogP) is 4.39. The van der Waals surface area contributed by atoms with Gasteiger partial charge >= 0.3 is 0 Å². The summed E-state index contributed by atoms with van der Waals surface area (Å²) >= 11 is 1.72. The molecule has 1 aliphatic heterocycles. The molecule has 0 amide bonds. The summed E-state index contributed by atoms with van der Waals surface area (Å²) in [6.07, 6.45) is 2.68. The zero-order valence-electron chi connectivity index (χ0n) is 13.6. The lowest BCUT2D eigenvalue weighted by Gasteiger charge is -2.13. The smallest absolute Gasteiger partial charge is 0.190 e. The van der Waals surface area contributed by atoms with Crippen molar-refractivity contribution in [3.63, 3.8) is 0 Å². The van der Waals surface area contributed by atoms with Crippen molar-refractivity contribution in [3.05, 3.63) is 45.7 Å². The van der Waals surface area contributed by atoms with Gasteiger partial charge in [0.15, 0.2) is 4.80 Å². The van der Waals surface area contributed by atoms with Crippen LogP contribution >= 0.6 is 11.3 Å². The van der Waals surface area contributed by atoms with E-state index in [0.717, 1.165) is 30.1 Å². The standard InChI is InChI=1S/C18H24N2OS/c1-13(2)16-8-4-5-9-17(16)19-18-20(14(3)12-22-18)11-15-7-6-10-21-15/h4-5,8-9,12-13,15H,6-7,10-11H2,1-3H3. The Labute approximate surface area is 136 Å². The van der Waals surface area contributed by atoms with Crippen LogP contribution in [0.3, 0.4) is 0 Å². The number of ether oxygens (including phenoxy) is 1. The average Bonchev–Trinajstić information content (AvgIpc) is 3.13. The second-order valence-electron chi connectivity index (χ2n) is 6.23. The molecule has 0 N–H and O–H groups in total. The Hall–Kier alpha value is -1.39. The van der Waals surface area contributed by atoms with Gasteiger partial charge in [0.25, 0.3) is 0 Å². The van der Waals surface area contributed by atoms with Gasteiger partial charge in [-0.05, 0) is 37.3 Å². The second-order valence-corrected chi connectivity index (χ2v) is 7.07. The van der Waals surface area contributed by atoms with E-state index >= 15 is 0 Å². The van der Waals surface area contributed by atoms with Gasteiger partial charge in [-0.1, -0.05) is 32.0 Å². The monoisotopic (exact) mass is 316 g/mol. The SMILES string of the molecule is Cc1csc(=Nc2ccccc2C(C)C)n1CC1CCCO1. The van der Waals surface area contributed by atoms with Crippen LogP contribution in [-0.2, 0) is 11.3 Å². The van der Waals surface area contributed by atoms with Crippen LogP contribution in [0.5, 0.6) is 0 Å². The van der Waals surface area contributed by atoms with Crippen LogP contribution < -0.4 is 4.80 Å². The average molecular weight is 316 g/mol. The summed E-state index contributed by atoms with van der Waals surface area (Å²) in [7, 11) is 0. The number of nitrogens with zero attached hydrogens (tertiary/aromatic N) is 2. The first-order valence-corrected chi connectivity index (χ1v) is 8.93. The van der Waals surface area contributed by atoms with Crippen LogP contribution in [0, 0.1) is 6.92 Å². The van der Waals surface area contributed by atoms with Gasteiger partial charge in [-0.15, -0.1) is 11.3 Å². The van der Waals surface area contributed by atoms with Crippen molar-refractivity contribution < 1.29 is 4.74 Å². The number of aryl methyl sites for hydroxylation is 1. The minimum Gasteiger partial charge on any atom is -0.376 e. The normalized spacial score (nSPS) is 19.3. The zero-order chi connectivity index (χ0) is 15.5. The van der Waals surface area contributed by atoms with Gasteiger partial charge in [0.1, 0.15) is 0 Å². The Morgan fingerprint density at radius 2 is 2.18 bits per heavy atom. The highest BCUT2D eigenvalue weighted by molar-refractivity contribution is 7.07. The van der Waals surface area contributed by atoms with Crippen LogP contribution in [-0.4, -0.2) is 17.3 Å². The first kappa shape index (κ1) is 15.5. The molecule has 0 spiro atoms. The molecule has 3 nitrogen and oxygen atoms in total. The van der Waals surface area contributed by atoms with E-state index in [-0.39, 0.29) is 0 Å². The maximum atomic E-state index is 5.79. The molecule has 22 heavy (non-hydrogen) atoms. The summed E-state index contributed by atoms with van der Waals surface area (Å²) < 4.78 is 8.09. The van der Waals surface area contributed by atoms with Crippen LogP contribution in [0.2, 0.25) is 0 Å². The Kier molecular flexibility index (Phi) is 4.79. The Balaban J connectivity index is 1.98. The molecular weight excluding hydrogens is 292 g/mol. The Bertz CT molecular complexity index is 693. The molecule has 2 aromatic rings. The van der Waals surface area contributed by atoms with E-state index in [1.165, 1.54) is 17.7 Å². The highest BCUT2D eigenvalue weighted by atomic mass is 32.1. The summed E-state index contributed by atoms with van der Waals surface area (Å²) in [4.78, 5) is 6.02. The lowest BCUT2D eigenvalue weighted by atomic mass is 10.0. The third-order valence-electron chi connectivity index (χ3n) is 4.18. The first-order chi connectivity index (χ1) is 10.6. The molecule has 0 aliphatic carbocycles. The number of rotatable bonds is 4. The minimum atomic E-state index is 0.340. The molecule has 4 heteroatoms. The molecule has 1 saturated heterocycles. The molecule has 2 heterocycles. The topological polar surface area (TPSA) is 26.5 Å². The van der Waals surface area contributed by atoms with Crippen molar-refractivity contribution in [2.75, 3.05) is 6.61 Å². The number of thiazole rings is 1. The molecule has 1 aliphatic rings. The van der Waals surface area contributed by atoms with Crippen molar-refractivity contribution >= 4 is 17.0 Å². The quantitative estimate of drug-likeness (QED) is 0.821.